The summed E-state index contributed by atoms with van der Waals surface area (Å²) in [5.74, 6) is -0.186. The van der Waals surface area contributed by atoms with Gasteiger partial charge in [0.2, 0.25) is 0 Å². The number of benzene rings is 3. The van der Waals surface area contributed by atoms with Crippen LogP contribution in [0.1, 0.15) is 28.3 Å². The molecule has 0 saturated heterocycles. The summed E-state index contributed by atoms with van der Waals surface area (Å²) in [6, 6.07) is 18.1. The normalized spacial score (nSPS) is 12.4. The van der Waals surface area contributed by atoms with E-state index in [2.05, 4.69) is 5.10 Å². The zero-order chi connectivity index (χ0) is 19.1. The van der Waals surface area contributed by atoms with Gasteiger partial charge in [0, 0.05) is 24.2 Å². The predicted molar refractivity (Wildman–Crippen MR) is 105 cm³/mol. The third-order valence-corrected chi connectivity index (χ3v) is 5.03. The molecule has 0 aliphatic carbocycles. The molecular formula is C22H20N2O3. The van der Waals surface area contributed by atoms with Crippen molar-refractivity contribution in [1.82, 2.24) is 9.78 Å². The molecule has 0 bridgehead atoms. The van der Waals surface area contributed by atoms with Crippen LogP contribution >= 0.6 is 0 Å². The summed E-state index contributed by atoms with van der Waals surface area (Å²) in [4.78, 5) is 12.9. The summed E-state index contributed by atoms with van der Waals surface area (Å²) in [5.41, 5.74) is 2.68. The Bertz CT molecular complexity index is 1190. The van der Waals surface area contributed by atoms with Crippen LogP contribution in [0.4, 0.5) is 0 Å². The number of nitrogens with one attached hydrogen (secondary N) is 1. The molecule has 0 saturated carbocycles. The highest BCUT2D eigenvalue weighted by Gasteiger charge is 2.28. The molecule has 5 heteroatoms. The van der Waals surface area contributed by atoms with Gasteiger partial charge in [0.15, 0.2) is 0 Å². The Hall–Kier alpha value is -3.47. The molecular weight excluding hydrogens is 340 g/mol. The third kappa shape index (κ3) is 2.77. The molecule has 4 rings (SSSR count). The van der Waals surface area contributed by atoms with Crippen molar-refractivity contribution in [3.8, 4) is 11.5 Å². The first-order chi connectivity index (χ1) is 13.0. The maximum absolute atomic E-state index is 12.9. The Morgan fingerprint density at radius 3 is 2.30 bits per heavy atom. The highest BCUT2D eigenvalue weighted by molar-refractivity contribution is 5.89. The van der Waals surface area contributed by atoms with E-state index < -0.39 is 5.92 Å². The maximum atomic E-state index is 12.9. The predicted octanol–water partition coefficient (Wildman–Crippen LogP) is 3.77. The minimum absolute atomic E-state index is 0.134. The van der Waals surface area contributed by atoms with E-state index in [1.54, 1.807) is 37.4 Å². The lowest BCUT2D eigenvalue weighted by Crippen LogP contribution is -2.19. The van der Waals surface area contributed by atoms with Gasteiger partial charge in [-0.3, -0.25) is 14.6 Å². The number of aromatic nitrogens is 2. The van der Waals surface area contributed by atoms with Crippen LogP contribution in [0, 0.1) is 6.92 Å². The average molecular weight is 360 g/mol. The van der Waals surface area contributed by atoms with Crippen LogP contribution in [-0.4, -0.2) is 20.0 Å². The summed E-state index contributed by atoms with van der Waals surface area (Å²) in [5, 5.41) is 25.4. The number of aryl methyl sites for hydroxylation is 2. The van der Waals surface area contributed by atoms with Gasteiger partial charge in [-0.05, 0) is 41.5 Å². The van der Waals surface area contributed by atoms with E-state index in [0.717, 1.165) is 22.0 Å². The smallest absolute Gasteiger partial charge is 0.270 e. The topological polar surface area (TPSA) is 78.2 Å². The summed E-state index contributed by atoms with van der Waals surface area (Å²) in [6.07, 6.45) is 0. The first-order valence-electron chi connectivity index (χ1n) is 8.72. The molecule has 0 spiro atoms. The molecule has 0 aliphatic heterocycles. The molecule has 4 aromatic rings. The second-order valence-corrected chi connectivity index (χ2v) is 6.76. The van der Waals surface area contributed by atoms with E-state index in [4.69, 9.17) is 0 Å². The monoisotopic (exact) mass is 360 g/mol. The highest BCUT2D eigenvalue weighted by atomic mass is 16.3. The number of hydrogen-bond donors (Lipinski definition) is 3. The Labute approximate surface area is 156 Å². The Kier molecular flexibility index (Phi) is 4.00. The average Bonchev–Trinajstić information content (AvgIpc) is 2.91. The Morgan fingerprint density at radius 2 is 1.63 bits per heavy atom. The van der Waals surface area contributed by atoms with Crippen molar-refractivity contribution in [3.05, 3.63) is 93.4 Å². The summed E-state index contributed by atoms with van der Waals surface area (Å²) in [7, 11) is 1.68. The van der Waals surface area contributed by atoms with E-state index in [1.165, 1.54) is 4.68 Å². The van der Waals surface area contributed by atoms with Gasteiger partial charge >= 0.3 is 0 Å². The van der Waals surface area contributed by atoms with Crippen LogP contribution in [-0.2, 0) is 7.05 Å². The van der Waals surface area contributed by atoms with Crippen LogP contribution < -0.4 is 5.56 Å². The third-order valence-electron chi connectivity index (χ3n) is 5.03. The fourth-order valence-electron chi connectivity index (χ4n) is 3.78. The number of aromatic amines is 1. The van der Waals surface area contributed by atoms with Crippen LogP contribution in [0.3, 0.4) is 0 Å². The van der Waals surface area contributed by atoms with Gasteiger partial charge in [-0.15, -0.1) is 0 Å². The lowest BCUT2D eigenvalue weighted by Gasteiger charge is -2.21. The van der Waals surface area contributed by atoms with Crippen molar-refractivity contribution in [2.75, 3.05) is 0 Å². The Balaban J connectivity index is 2.10. The first kappa shape index (κ1) is 17.0. The summed E-state index contributed by atoms with van der Waals surface area (Å²) < 4.78 is 1.44. The molecule has 0 radical (unpaired) electrons. The molecule has 1 atom stereocenters. The van der Waals surface area contributed by atoms with Crippen molar-refractivity contribution in [3.63, 3.8) is 0 Å². The molecule has 3 aromatic carbocycles. The second-order valence-electron chi connectivity index (χ2n) is 6.76. The van der Waals surface area contributed by atoms with E-state index >= 15 is 0 Å². The fourth-order valence-corrected chi connectivity index (χ4v) is 3.78. The van der Waals surface area contributed by atoms with Crippen molar-refractivity contribution >= 4 is 10.8 Å². The van der Waals surface area contributed by atoms with Crippen LogP contribution in [0.15, 0.2) is 65.5 Å². The summed E-state index contributed by atoms with van der Waals surface area (Å²) >= 11 is 0. The number of phenols is 2. The molecule has 1 unspecified atom stereocenters. The number of phenolic OH excluding ortho intramolecular Hbond substituents is 2. The van der Waals surface area contributed by atoms with Gasteiger partial charge in [0.1, 0.15) is 11.5 Å². The van der Waals surface area contributed by atoms with Crippen molar-refractivity contribution in [2.45, 2.75) is 12.8 Å². The van der Waals surface area contributed by atoms with Gasteiger partial charge in [-0.2, -0.15) is 0 Å². The molecule has 3 N–H and O–H groups in total. The lowest BCUT2D eigenvalue weighted by molar-refractivity contribution is 0.468. The molecule has 0 amide bonds. The van der Waals surface area contributed by atoms with E-state index in [1.807, 2.05) is 37.3 Å². The lowest BCUT2D eigenvalue weighted by atomic mass is 9.82. The standard InChI is InChI=1S/C22H20N2O3/c1-13-19(22(27)24(2)23-13)20(15-7-10-16(25)11-8-15)21-17-6-4-3-5-14(17)9-12-18(21)26/h3-12,20,23,25-26H,1-2H3. The molecule has 1 heterocycles. The Morgan fingerprint density at radius 1 is 0.926 bits per heavy atom. The molecule has 5 nitrogen and oxygen atoms in total. The zero-order valence-corrected chi connectivity index (χ0v) is 15.1. The van der Waals surface area contributed by atoms with Crippen molar-refractivity contribution in [2.24, 2.45) is 7.05 Å². The van der Waals surface area contributed by atoms with Crippen LogP contribution in [0.2, 0.25) is 0 Å². The second kappa shape index (κ2) is 6.36. The van der Waals surface area contributed by atoms with Gasteiger partial charge in [0.25, 0.3) is 5.56 Å². The van der Waals surface area contributed by atoms with E-state index in [-0.39, 0.29) is 17.1 Å². The van der Waals surface area contributed by atoms with E-state index in [9.17, 15) is 15.0 Å². The van der Waals surface area contributed by atoms with Crippen molar-refractivity contribution in [1.29, 1.82) is 0 Å². The first-order valence-corrected chi connectivity index (χ1v) is 8.72. The quantitative estimate of drug-likeness (QED) is 0.520. The largest absolute Gasteiger partial charge is 0.508 e. The van der Waals surface area contributed by atoms with Crippen LogP contribution in [0.25, 0.3) is 10.8 Å². The summed E-state index contributed by atoms with van der Waals surface area (Å²) in [6.45, 7) is 1.85. The maximum Gasteiger partial charge on any atom is 0.270 e. The zero-order valence-electron chi connectivity index (χ0n) is 15.1. The van der Waals surface area contributed by atoms with E-state index in [0.29, 0.717) is 11.1 Å². The minimum atomic E-state index is -0.471. The highest BCUT2D eigenvalue weighted by Crippen LogP contribution is 2.41. The number of H-pyrrole nitrogens is 1. The molecule has 1 aromatic heterocycles. The minimum Gasteiger partial charge on any atom is -0.508 e. The molecule has 0 aliphatic rings. The van der Waals surface area contributed by atoms with Crippen molar-refractivity contribution < 1.29 is 10.2 Å². The SMILES string of the molecule is Cc1[nH]n(C)c(=O)c1C(c1ccc(O)cc1)c1c(O)ccc2ccccc12. The van der Waals surface area contributed by atoms with Gasteiger partial charge < -0.3 is 10.2 Å². The van der Waals surface area contributed by atoms with Gasteiger partial charge in [-0.25, -0.2) is 0 Å². The fraction of sp³-hybridized carbons (Fsp3) is 0.136. The van der Waals surface area contributed by atoms with Gasteiger partial charge in [-0.1, -0.05) is 42.5 Å². The van der Waals surface area contributed by atoms with Gasteiger partial charge in [0.05, 0.1) is 5.56 Å². The number of aromatic hydroxyl groups is 2. The number of hydrogen-bond acceptors (Lipinski definition) is 3. The molecule has 27 heavy (non-hydrogen) atoms. The number of rotatable bonds is 3. The molecule has 136 valence electrons. The number of fused-ring (bicyclic) bond motifs is 1. The molecule has 0 fully saturated rings. The van der Waals surface area contributed by atoms with Crippen LogP contribution in [0.5, 0.6) is 11.5 Å². The number of nitrogens with zero attached hydrogens (tertiary/aromatic N) is 1.